The van der Waals surface area contributed by atoms with Crippen LogP contribution >= 0.6 is 0 Å². The highest BCUT2D eigenvalue weighted by Gasteiger charge is 2.35. The summed E-state index contributed by atoms with van der Waals surface area (Å²) in [6, 6.07) is -0.352. The van der Waals surface area contributed by atoms with E-state index in [1.165, 1.54) is 31.4 Å². The van der Waals surface area contributed by atoms with E-state index in [-0.39, 0.29) is 17.1 Å². The highest BCUT2D eigenvalue weighted by atomic mass is 16.6. The van der Waals surface area contributed by atoms with E-state index in [0.717, 1.165) is 18.8 Å². The Morgan fingerprint density at radius 3 is 2.00 bits per heavy atom. The van der Waals surface area contributed by atoms with E-state index in [2.05, 4.69) is 12.1 Å². The van der Waals surface area contributed by atoms with Crippen molar-refractivity contribution in [3.05, 3.63) is 10.1 Å². The van der Waals surface area contributed by atoms with Crippen molar-refractivity contribution in [2.24, 2.45) is 22.9 Å². The van der Waals surface area contributed by atoms with Crippen LogP contribution in [0.15, 0.2) is 5.16 Å². The fourth-order valence-corrected chi connectivity index (χ4v) is 3.79. The number of hydrogen-bond donors (Lipinski definition) is 0. The van der Waals surface area contributed by atoms with Crippen LogP contribution in [0.1, 0.15) is 72.1 Å². The maximum Gasteiger partial charge on any atom is 0.213 e. The van der Waals surface area contributed by atoms with E-state index in [4.69, 9.17) is 4.84 Å². The maximum absolute atomic E-state index is 10.9. The van der Waals surface area contributed by atoms with Gasteiger partial charge in [0.15, 0.2) is 0 Å². The molecule has 0 aromatic heterocycles. The lowest BCUT2D eigenvalue weighted by Gasteiger charge is -2.33. The third-order valence-corrected chi connectivity index (χ3v) is 5.22. The van der Waals surface area contributed by atoms with E-state index in [0.29, 0.717) is 24.7 Å². The third kappa shape index (κ3) is 4.68. The van der Waals surface area contributed by atoms with Gasteiger partial charge >= 0.3 is 0 Å². The molecule has 5 nitrogen and oxygen atoms in total. The summed E-state index contributed by atoms with van der Waals surface area (Å²) in [5, 5.41) is 15.4. The van der Waals surface area contributed by atoms with Gasteiger partial charge in [0.05, 0.1) is 5.71 Å². The standard InChI is InChI=1S/C17H30N2O3/c1-12(2)22-18-17(14-6-4-13(3)5-7-14)15-8-10-16(11-9-15)19(20)21/h12-16H,4-11H2,1-3H3/b18-17-. The summed E-state index contributed by atoms with van der Waals surface area (Å²) >= 11 is 0. The van der Waals surface area contributed by atoms with Gasteiger partial charge in [0.2, 0.25) is 6.04 Å². The van der Waals surface area contributed by atoms with Crippen LogP contribution < -0.4 is 0 Å². The van der Waals surface area contributed by atoms with E-state index in [9.17, 15) is 10.1 Å². The highest BCUT2D eigenvalue weighted by Crippen LogP contribution is 2.36. The SMILES string of the molecule is CC1CCC(/C(=N/OC(C)C)C2CCC([N+](=O)[O-])CC2)CC1. The Morgan fingerprint density at radius 2 is 1.55 bits per heavy atom. The summed E-state index contributed by atoms with van der Waals surface area (Å²) in [7, 11) is 0. The van der Waals surface area contributed by atoms with Crippen molar-refractivity contribution in [2.45, 2.75) is 84.3 Å². The predicted octanol–water partition coefficient (Wildman–Crippen LogP) is 4.43. The molecule has 2 rings (SSSR count). The smallest absolute Gasteiger partial charge is 0.213 e. The number of nitro groups is 1. The number of rotatable bonds is 5. The van der Waals surface area contributed by atoms with Crippen molar-refractivity contribution in [2.75, 3.05) is 0 Å². The Kier molecular flexibility index (Phi) is 6.21. The van der Waals surface area contributed by atoms with Gasteiger partial charge in [0, 0.05) is 29.6 Å². The van der Waals surface area contributed by atoms with Crippen LogP contribution in [0.2, 0.25) is 0 Å². The summed E-state index contributed by atoms with van der Waals surface area (Å²) in [4.78, 5) is 16.4. The first-order chi connectivity index (χ1) is 10.5. The van der Waals surface area contributed by atoms with Gasteiger partial charge in [-0.1, -0.05) is 24.9 Å². The van der Waals surface area contributed by atoms with Crippen LogP contribution in [0.4, 0.5) is 0 Å². The first kappa shape index (κ1) is 17.2. The monoisotopic (exact) mass is 310 g/mol. The fourth-order valence-electron chi connectivity index (χ4n) is 3.79. The molecule has 0 aromatic carbocycles. The van der Waals surface area contributed by atoms with Crippen molar-refractivity contribution in [3.63, 3.8) is 0 Å². The highest BCUT2D eigenvalue weighted by molar-refractivity contribution is 5.88. The Labute approximate surface area is 133 Å². The molecule has 0 saturated heterocycles. The molecule has 0 aliphatic heterocycles. The van der Waals surface area contributed by atoms with Gasteiger partial charge < -0.3 is 4.84 Å². The summed E-state index contributed by atoms with van der Waals surface area (Å²) < 4.78 is 0. The Bertz CT molecular complexity index is 393. The van der Waals surface area contributed by atoms with Crippen LogP contribution in [0.3, 0.4) is 0 Å². The molecule has 0 spiro atoms. The van der Waals surface area contributed by atoms with Gasteiger partial charge in [0.25, 0.3) is 0 Å². The molecule has 0 aromatic rings. The van der Waals surface area contributed by atoms with E-state index < -0.39 is 0 Å². The lowest BCUT2D eigenvalue weighted by molar-refractivity contribution is -0.526. The molecule has 0 radical (unpaired) electrons. The molecule has 0 atom stereocenters. The number of oxime groups is 1. The van der Waals surface area contributed by atoms with Gasteiger partial charge in [0.1, 0.15) is 6.10 Å². The number of nitrogens with zero attached hydrogens (tertiary/aromatic N) is 2. The first-order valence-corrected chi connectivity index (χ1v) is 8.84. The number of hydrogen-bond acceptors (Lipinski definition) is 4. The van der Waals surface area contributed by atoms with Crippen molar-refractivity contribution >= 4 is 5.71 Å². The van der Waals surface area contributed by atoms with Crippen molar-refractivity contribution in [3.8, 4) is 0 Å². The van der Waals surface area contributed by atoms with Crippen molar-refractivity contribution < 1.29 is 9.76 Å². The third-order valence-electron chi connectivity index (χ3n) is 5.22. The molecule has 0 unspecified atom stereocenters. The molecule has 0 amide bonds. The molecular weight excluding hydrogens is 280 g/mol. The summed E-state index contributed by atoms with van der Waals surface area (Å²) in [5.41, 5.74) is 1.20. The molecular formula is C17H30N2O3. The van der Waals surface area contributed by atoms with Crippen LogP contribution in [0, 0.1) is 27.9 Å². The van der Waals surface area contributed by atoms with Gasteiger partial charge in [-0.2, -0.15) is 0 Å². The predicted molar refractivity (Wildman–Crippen MR) is 87.5 cm³/mol. The van der Waals surface area contributed by atoms with Crippen LogP contribution in [-0.4, -0.2) is 22.8 Å². The van der Waals surface area contributed by atoms with Crippen LogP contribution in [0.5, 0.6) is 0 Å². The summed E-state index contributed by atoms with van der Waals surface area (Å²) in [5.74, 6) is 1.72. The van der Waals surface area contributed by atoms with E-state index in [1.54, 1.807) is 0 Å². The second-order valence-corrected chi connectivity index (χ2v) is 7.42. The Morgan fingerprint density at radius 1 is 1.05 bits per heavy atom. The fraction of sp³-hybridized carbons (Fsp3) is 0.941. The average Bonchev–Trinajstić information content (AvgIpc) is 2.49. The minimum absolute atomic E-state index is 0.0904. The lowest BCUT2D eigenvalue weighted by atomic mass is 9.73. The molecule has 126 valence electrons. The summed E-state index contributed by atoms with van der Waals surface area (Å²) in [6.07, 6.45) is 8.13. The van der Waals surface area contributed by atoms with Crippen molar-refractivity contribution in [1.29, 1.82) is 0 Å². The van der Waals surface area contributed by atoms with Crippen molar-refractivity contribution in [1.82, 2.24) is 0 Å². The van der Waals surface area contributed by atoms with E-state index in [1.807, 2.05) is 13.8 Å². The molecule has 2 saturated carbocycles. The Hall–Kier alpha value is -1.13. The second-order valence-electron chi connectivity index (χ2n) is 7.42. The Balaban J connectivity index is 2.02. The largest absolute Gasteiger partial charge is 0.393 e. The molecule has 2 fully saturated rings. The maximum atomic E-state index is 10.9. The minimum Gasteiger partial charge on any atom is -0.393 e. The van der Waals surface area contributed by atoms with Gasteiger partial charge in [-0.3, -0.25) is 10.1 Å². The van der Waals surface area contributed by atoms with Gasteiger partial charge in [-0.05, 0) is 45.4 Å². The topological polar surface area (TPSA) is 64.7 Å². The quantitative estimate of drug-likeness (QED) is 0.428. The van der Waals surface area contributed by atoms with Gasteiger partial charge in [-0.25, -0.2) is 0 Å². The molecule has 0 heterocycles. The van der Waals surface area contributed by atoms with Crippen LogP contribution in [-0.2, 0) is 4.84 Å². The molecule has 0 N–H and O–H groups in total. The zero-order chi connectivity index (χ0) is 16.1. The molecule has 2 aliphatic carbocycles. The van der Waals surface area contributed by atoms with Crippen LogP contribution in [0.25, 0.3) is 0 Å². The normalized spacial score (nSPS) is 33.7. The molecule has 2 aliphatic rings. The minimum atomic E-state index is -0.352. The molecule has 22 heavy (non-hydrogen) atoms. The zero-order valence-corrected chi connectivity index (χ0v) is 14.2. The zero-order valence-electron chi connectivity index (χ0n) is 14.2. The first-order valence-electron chi connectivity index (χ1n) is 8.84. The second kappa shape index (κ2) is 7.93. The average molecular weight is 310 g/mol. The summed E-state index contributed by atoms with van der Waals surface area (Å²) in [6.45, 7) is 6.31. The molecule has 0 bridgehead atoms. The lowest BCUT2D eigenvalue weighted by Crippen LogP contribution is -2.34. The van der Waals surface area contributed by atoms with Gasteiger partial charge in [-0.15, -0.1) is 0 Å². The molecule has 5 heteroatoms. The van der Waals surface area contributed by atoms with E-state index >= 15 is 0 Å².